The molecule has 0 aliphatic rings. The van der Waals surface area contributed by atoms with Crippen LogP contribution in [0, 0.1) is 0 Å². The van der Waals surface area contributed by atoms with Crippen molar-refractivity contribution in [3.8, 4) is 0 Å². The lowest BCUT2D eigenvalue weighted by molar-refractivity contribution is 0.159. The monoisotopic (exact) mass is 226 g/mol. The second-order valence-corrected chi connectivity index (χ2v) is 3.91. The number of nitrogens with two attached hydrogens (primary N) is 1. The topological polar surface area (TPSA) is 56.3 Å². The predicted molar refractivity (Wildman–Crippen MR) is 64.4 cm³/mol. The molecule has 1 aromatic heterocycles. The first-order valence-corrected chi connectivity index (χ1v) is 5.64. The summed E-state index contributed by atoms with van der Waals surface area (Å²) in [6.07, 6.45) is 4.65. The lowest BCUT2D eigenvalue weighted by atomic mass is 10.3. The molecular formula is C11H22N4O. The van der Waals surface area contributed by atoms with Gasteiger partial charge in [0.2, 0.25) is 0 Å². The summed E-state index contributed by atoms with van der Waals surface area (Å²) in [5.41, 5.74) is 6.75. The highest BCUT2D eigenvalue weighted by Gasteiger charge is 2.02. The number of aromatic nitrogens is 2. The van der Waals surface area contributed by atoms with Gasteiger partial charge in [0.25, 0.3) is 0 Å². The third-order valence-electron chi connectivity index (χ3n) is 2.60. The maximum atomic E-state index is 5.54. The molecule has 0 radical (unpaired) electrons. The third-order valence-corrected chi connectivity index (χ3v) is 2.60. The van der Waals surface area contributed by atoms with Crippen molar-refractivity contribution in [3.63, 3.8) is 0 Å². The van der Waals surface area contributed by atoms with E-state index in [1.807, 2.05) is 12.5 Å². The van der Waals surface area contributed by atoms with E-state index in [9.17, 15) is 0 Å². The Morgan fingerprint density at radius 3 is 3.00 bits per heavy atom. The van der Waals surface area contributed by atoms with E-state index in [4.69, 9.17) is 10.5 Å². The molecule has 0 aliphatic heterocycles. The molecular weight excluding hydrogens is 204 g/mol. The largest absolute Gasteiger partial charge is 0.383 e. The summed E-state index contributed by atoms with van der Waals surface area (Å²) in [5.74, 6) is 0. The summed E-state index contributed by atoms with van der Waals surface area (Å²) in [6.45, 7) is 4.35. The molecule has 0 atom stereocenters. The molecule has 0 amide bonds. The normalized spacial score (nSPS) is 11.2. The van der Waals surface area contributed by atoms with Crippen molar-refractivity contribution in [2.45, 2.75) is 13.0 Å². The summed E-state index contributed by atoms with van der Waals surface area (Å²) < 4.78 is 7.20. The fraction of sp³-hybridized carbons (Fsp3) is 0.727. The molecule has 16 heavy (non-hydrogen) atoms. The number of hydrogen-bond acceptors (Lipinski definition) is 4. The summed E-state index contributed by atoms with van der Waals surface area (Å²) in [6, 6.07) is 0. The Bertz CT molecular complexity index is 287. The van der Waals surface area contributed by atoms with E-state index >= 15 is 0 Å². The first kappa shape index (κ1) is 13.2. The van der Waals surface area contributed by atoms with Crippen LogP contribution in [0.2, 0.25) is 0 Å². The van der Waals surface area contributed by atoms with Crippen LogP contribution in [-0.4, -0.2) is 54.8 Å². The molecule has 0 aromatic carbocycles. The highest BCUT2D eigenvalue weighted by Crippen LogP contribution is 2.00. The molecule has 0 spiro atoms. The molecule has 1 heterocycles. The molecule has 5 nitrogen and oxygen atoms in total. The van der Waals surface area contributed by atoms with Crippen molar-refractivity contribution in [1.29, 1.82) is 0 Å². The molecule has 92 valence electrons. The molecule has 0 aliphatic carbocycles. The SMILES string of the molecule is COCCN(C)CCn1cncc1CCN. The van der Waals surface area contributed by atoms with Crippen molar-refractivity contribution in [2.75, 3.05) is 40.4 Å². The number of hydrogen-bond donors (Lipinski definition) is 1. The summed E-state index contributed by atoms with van der Waals surface area (Å²) >= 11 is 0. The first-order chi connectivity index (χ1) is 7.77. The van der Waals surface area contributed by atoms with Gasteiger partial charge in [0.1, 0.15) is 0 Å². The van der Waals surface area contributed by atoms with E-state index in [0.717, 1.165) is 32.7 Å². The van der Waals surface area contributed by atoms with Crippen LogP contribution in [-0.2, 0) is 17.7 Å². The number of likely N-dealkylation sites (N-methyl/N-ethyl adjacent to an activating group) is 1. The minimum absolute atomic E-state index is 0.672. The lowest BCUT2D eigenvalue weighted by Crippen LogP contribution is -2.27. The molecule has 2 N–H and O–H groups in total. The number of rotatable bonds is 8. The van der Waals surface area contributed by atoms with Crippen LogP contribution < -0.4 is 5.73 Å². The van der Waals surface area contributed by atoms with E-state index in [-0.39, 0.29) is 0 Å². The Morgan fingerprint density at radius 2 is 2.31 bits per heavy atom. The molecule has 5 heteroatoms. The standard InChI is InChI=1S/C11H22N4O/c1-14(7-8-16-2)5-6-15-10-13-9-11(15)3-4-12/h9-10H,3-8,12H2,1-2H3. The Morgan fingerprint density at radius 1 is 1.50 bits per heavy atom. The molecule has 0 unspecified atom stereocenters. The zero-order valence-corrected chi connectivity index (χ0v) is 10.2. The second kappa shape index (κ2) is 7.38. The van der Waals surface area contributed by atoms with Crippen LogP contribution in [0.25, 0.3) is 0 Å². The van der Waals surface area contributed by atoms with Crippen LogP contribution >= 0.6 is 0 Å². The van der Waals surface area contributed by atoms with Crippen LogP contribution in [0.5, 0.6) is 0 Å². The predicted octanol–water partition coefficient (Wildman–Crippen LogP) is -0.0375. The molecule has 1 aromatic rings. The van der Waals surface area contributed by atoms with E-state index in [2.05, 4.69) is 21.5 Å². The Balaban J connectivity index is 2.32. The van der Waals surface area contributed by atoms with Crippen LogP contribution in [0.3, 0.4) is 0 Å². The highest BCUT2D eigenvalue weighted by atomic mass is 16.5. The molecule has 0 bridgehead atoms. The van der Waals surface area contributed by atoms with Gasteiger partial charge in [-0.25, -0.2) is 4.98 Å². The zero-order chi connectivity index (χ0) is 11.8. The number of nitrogens with zero attached hydrogens (tertiary/aromatic N) is 3. The minimum atomic E-state index is 0.672. The number of ether oxygens (including phenoxy) is 1. The number of imidazole rings is 1. The van der Waals surface area contributed by atoms with E-state index < -0.39 is 0 Å². The average molecular weight is 226 g/mol. The van der Waals surface area contributed by atoms with Gasteiger partial charge in [-0.05, 0) is 13.6 Å². The summed E-state index contributed by atoms with van der Waals surface area (Å²) in [7, 11) is 3.82. The molecule has 0 saturated carbocycles. The third kappa shape index (κ3) is 4.30. The van der Waals surface area contributed by atoms with Crippen LogP contribution in [0.1, 0.15) is 5.69 Å². The van der Waals surface area contributed by atoms with Gasteiger partial charge >= 0.3 is 0 Å². The van der Waals surface area contributed by atoms with E-state index in [1.165, 1.54) is 5.69 Å². The zero-order valence-electron chi connectivity index (χ0n) is 10.2. The van der Waals surface area contributed by atoms with E-state index in [1.54, 1.807) is 7.11 Å². The van der Waals surface area contributed by atoms with Crippen molar-refractivity contribution in [3.05, 3.63) is 18.2 Å². The van der Waals surface area contributed by atoms with Gasteiger partial charge in [-0.3, -0.25) is 0 Å². The lowest BCUT2D eigenvalue weighted by Gasteiger charge is -2.17. The van der Waals surface area contributed by atoms with Gasteiger partial charge in [-0.2, -0.15) is 0 Å². The van der Waals surface area contributed by atoms with Gasteiger partial charge in [0, 0.05) is 45.1 Å². The summed E-state index contributed by atoms with van der Waals surface area (Å²) in [4.78, 5) is 6.39. The van der Waals surface area contributed by atoms with Gasteiger partial charge < -0.3 is 19.9 Å². The van der Waals surface area contributed by atoms with Gasteiger partial charge in [0.05, 0.1) is 12.9 Å². The Labute approximate surface area is 97.2 Å². The van der Waals surface area contributed by atoms with E-state index in [0.29, 0.717) is 6.54 Å². The van der Waals surface area contributed by atoms with Gasteiger partial charge in [-0.1, -0.05) is 0 Å². The van der Waals surface area contributed by atoms with Crippen molar-refractivity contribution >= 4 is 0 Å². The van der Waals surface area contributed by atoms with Crippen molar-refractivity contribution < 1.29 is 4.74 Å². The Hall–Kier alpha value is -0.910. The maximum absolute atomic E-state index is 5.54. The van der Waals surface area contributed by atoms with Crippen molar-refractivity contribution in [2.24, 2.45) is 5.73 Å². The van der Waals surface area contributed by atoms with Gasteiger partial charge in [-0.15, -0.1) is 0 Å². The van der Waals surface area contributed by atoms with Crippen LogP contribution in [0.15, 0.2) is 12.5 Å². The van der Waals surface area contributed by atoms with Gasteiger partial charge in [0.15, 0.2) is 0 Å². The smallest absolute Gasteiger partial charge is 0.0948 e. The average Bonchev–Trinajstić information content (AvgIpc) is 2.72. The molecule has 1 rings (SSSR count). The maximum Gasteiger partial charge on any atom is 0.0948 e. The summed E-state index contributed by atoms with van der Waals surface area (Å²) in [5, 5.41) is 0. The second-order valence-electron chi connectivity index (χ2n) is 3.91. The van der Waals surface area contributed by atoms with Crippen molar-refractivity contribution in [1.82, 2.24) is 14.5 Å². The molecule has 0 saturated heterocycles. The first-order valence-electron chi connectivity index (χ1n) is 5.64. The Kier molecular flexibility index (Phi) is 6.07. The number of methoxy groups -OCH3 is 1. The fourth-order valence-electron chi connectivity index (χ4n) is 1.54. The fourth-order valence-corrected chi connectivity index (χ4v) is 1.54. The minimum Gasteiger partial charge on any atom is -0.383 e. The highest BCUT2D eigenvalue weighted by molar-refractivity contribution is 4.98. The quantitative estimate of drug-likeness (QED) is 0.676. The molecule has 0 fully saturated rings. The van der Waals surface area contributed by atoms with Crippen LogP contribution in [0.4, 0.5) is 0 Å².